The number of anilines is 1. The van der Waals surface area contributed by atoms with Gasteiger partial charge in [-0.25, -0.2) is 9.67 Å². The minimum absolute atomic E-state index is 0.733. The first kappa shape index (κ1) is 16.0. The number of rotatable bonds is 4. The maximum atomic E-state index is 4.72. The number of hydrogen-bond acceptors (Lipinski definition) is 4. The lowest BCUT2D eigenvalue weighted by atomic mass is 10.1. The van der Waals surface area contributed by atoms with Crippen LogP contribution in [0.25, 0.3) is 5.82 Å². The molecule has 0 aliphatic carbocycles. The van der Waals surface area contributed by atoms with Crippen LogP contribution in [0.5, 0.6) is 0 Å². The third-order valence-corrected chi connectivity index (χ3v) is 4.43. The van der Waals surface area contributed by atoms with Crippen molar-refractivity contribution >= 4 is 5.69 Å². The first-order valence-corrected chi connectivity index (χ1v) is 8.51. The summed E-state index contributed by atoms with van der Waals surface area (Å²) in [6, 6.07) is 5.94. The summed E-state index contributed by atoms with van der Waals surface area (Å²) in [4.78, 5) is 9.47. The van der Waals surface area contributed by atoms with Crippen molar-refractivity contribution in [2.75, 3.05) is 37.6 Å². The van der Waals surface area contributed by atoms with E-state index < -0.39 is 0 Å². The second kappa shape index (κ2) is 6.71. The third kappa shape index (κ3) is 3.39. The first-order chi connectivity index (χ1) is 11.1. The Morgan fingerprint density at radius 3 is 2.43 bits per heavy atom. The molecule has 1 fully saturated rings. The minimum Gasteiger partial charge on any atom is -0.366 e. The molecule has 0 aromatic carbocycles. The van der Waals surface area contributed by atoms with Crippen LogP contribution < -0.4 is 4.90 Å². The molecule has 1 saturated heterocycles. The number of aryl methyl sites for hydroxylation is 1. The lowest BCUT2D eigenvalue weighted by Gasteiger charge is -2.36. The summed E-state index contributed by atoms with van der Waals surface area (Å²) in [6.07, 6.45) is 1.82. The Balaban J connectivity index is 1.78. The molecule has 0 unspecified atom stereocenters. The smallest absolute Gasteiger partial charge is 0.153 e. The zero-order valence-electron chi connectivity index (χ0n) is 14.7. The van der Waals surface area contributed by atoms with Crippen LogP contribution in [-0.2, 0) is 0 Å². The zero-order chi connectivity index (χ0) is 16.4. The van der Waals surface area contributed by atoms with E-state index in [1.807, 2.05) is 29.1 Å². The fourth-order valence-corrected chi connectivity index (χ4v) is 3.46. The van der Waals surface area contributed by atoms with E-state index in [9.17, 15) is 0 Å². The van der Waals surface area contributed by atoms with Gasteiger partial charge in [0.15, 0.2) is 5.82 Å². The van der Waals surface area contributed by atoms with Gasteiger partial charge in [-0.05, 0) is 31.9 Å². The molecule has 0 spiro atoms. The number of nitrogens with zero attached hydrogens (tertiary/aromatic N) is 5. The molecule has 1 aliphatic heterocycles. The minimum atomic E-state index is 0.733. The van der Waals surface area contributed by atoms with E-state index in [4.69, 9.17) is 5.10 Å². The predicted octanol–water partition coefficient (Wildman–Crippen LogP) is 2.66. The molecule has 23 heavy (non-hydrogen) atoms. The average molecular weight is 313 g/mol. The molecule has 2 aromatic heterocycles. The van der Waals surface area contributed by atoms with E-state index in [1.54, 1.807) is 0 Å². The van der Waals surface area contributed by atoms with Crippen LogP contribution in [0.1, 0.15) is 25.2 Å². The Hall–Kier alpha value is -1.88. The molecule has 5 nitrogen and oxygen atoms in total. The van der Waals surface area contributed by atoms with Crippen molar-refractivity contribution in [3.05, 3.63) is 35.8 Å². The van der Waals surface area contributed by atoms with E-state index in [1.165, 1.54) is 17.9 Å². The van der Waals surface area contributed by atoms with E-state index >= 15 is 0 Å². The van der Waals surface area contributed by atoms with Gasteiger partial charge in [0.1, 0.15) is 0 Å². The summed E-state index contributed by atoms with van der Waals surface area (Å²) in [5.41, 5.74) is 3.55. The van der Waals surface area contributed by atoms with Crippen molar-refractivity contribution in [1.82, 2.24) is 19.7 Å². The summed E-state index contributed by atoms with van der Waals surface area (Å²) in [6.45, 7) is 14.4. The van der Waals surface area contributed by atoms with Gasteiger partial charge < -0.3 is 4.90 Å². The molecule has 0 atom stereocenters. The zero-order valence-corrected chi connectivity index (χ0v) is 14.7. The normalized spacial score (nSPS) is 16.3. The lowest BCUT2D eigenvalue weighted by Crippen LogP contribution is -2.47. The first-order valence-electron chi connectivity index (χ1n) is 8.51. The Morgan fingerprint density at radius 1 is 1.09 bits per heavy atom. The van der Waals surface area contributed by atoms with Crippen LogP contribution in [0.2, 0.25) is 0 Å². The van der Waals surface area contributed by atoms with E-state index in [0.717, 1.165) is 43.6 Å². The quantitative estimate of drug-likeness (QED) is 0.869. The summed E-state index contributed by atoms with van der Waals surface area (Å²) in [7, 11) is 0. The molecule has 3 heterocycles. The lowest BCUT2D eigenvalue weighted by molar-refractivity contribution is 0.231. The van der Waals surface area contributed by atoms with E-state index in [0.29, 0.717) is 0 Å². The van der Waals surface area contributed by atoms with Crippen LogP contribution in [0.15, 0.2) is 24.4 Å². The molecule has 0 N–H and O–H groups in total. The van der Waals surface area contributed by atoms with Gasteiger partial charge in [0, 0.05) is 38.9 Å². The van der Waals surface area contributed by atoms with Gasteiger partial charge in [0.25, 0.3) is 0 Å². The van der Waals surface area contributed by atoms with Crippen molar-refractivity contribution in [3.63, 3.8) is 0 Å². The van der Waals surface area contributed by atoms with Gasteiger partial charge in [-0.1, -0.05) is 19.9 Å². The van der Waals surface area contributed by atoms with Crippen LogP contribution in [0.3, 0.4) is 0 Å². The Kier molecular flexibility index (Phi) is 4.66. The predicted molar refractivity (Wildman–Crippen MR) is 94.3 cm³/mol. The molecule has 2 aromatic rings. The molecule has 0 bridgehead atoms. The summed E-state index contributed by atoms with van der Waals surface area (Å²) in [5, 5.41) is 4.72. The van der Waals surface area contributed by atoms with Crippen LogP contribution >= 0.6 is 0 Å². The molecular weight excluding hydrogens is 286 g/mol. The van der Waals surface area contributed by atoms with Crippen LogP contribution in [-0.4, -0.2) is 52.4 Å². The van der Waals surface area contributed by atoms with Crippen LogP contribution in [0, 0.1) is 19.8 Å². The van der Waals surface area contributed by atoms with Crippen molar-refractivity contribution < 1.29 is 0 Å². The van der Waals surface area contributed by atoms with Gasteiger partial charge >= 0.3 is 0 Å². The molecule has 0 saturated carbocycles. The summed E-state index contributed by atoms with van der Waals surface area (Å²) >= 11 is 0. The maximum absolute atomic E-state index is 4.72. The van der Waals surface area contributed by atoms with Crippen molar-refractivity contribution in [1.29, 1.82) is 0 Å². The number of pyridine rings is 1. The highest BCUT2D eigenvalue weighted by molar-refractivity contribution is 5.56. The van der Waals surface area contributed by atoms with Gasteiger partial charge in [0.05, 0.1) is 17.1 Å². The Bertz CT molecular complexity index is 639. The van der Waals surface area contributed by atoms with E-state index in [-0.39, 0.29) is 0 Å². The summed E-state index contributed by atoms with van der Waals surface area (Å²) < 4.78 is 1.96. The fraction of sp³-hybridized carbons (Fsp3) is 0.556. The topological polar surface area (TPSA) is 37.2 Å². The molecule has 0 radical (unpaired) electrons. The largest absolute Gasteiger partial charge is 0.366 e. The second-order valence-corrected chi connectivity index (χ2v) is 6.80. The highest BCUT2D eigenvalue weighted by atomic mass is 15.4. The van der Waals surface area contributed by atoms with Crippen LogP contribution in [0.4, 0.5) is 5.69 Å². The van der Waals surface area contributed by atoms with Gasteiger partial charge in [-0.2, -0.15) is 5.10 Å². The molecule has 3 rings (SSSR count). The Labute approximate surface area is 138 Å². The van der Waals surface area contributed by atoms with E-state index in [2.05, 4.69) is 42.5 Å². The number of piperazine rings is 1. The monoisotopic (exact) mass is 313 g/mol. The third-order valence-electron chi connectivity index (χ3n) is 4.43. The molecular formula is C18H27N5. The number of aromatic nitrogens is 3. The second-order valence-electron chi connectivity index (χ2n) is 6.80. The van der Waals surface area contributed by atoms with Crippen molar-refractivity contribution in [2.24, 2.45) is 5.92 Å². The average Bonchev–Trinajstić information content (AvgIpc) is 2.83. The van der Waals surface area contributed by atoms with Gasteiger partial charge in [-0.15, -0.1) is 0 Å². The standard InChI is InChI=1S/C18H27N5/c1-14(2)13-21-9-11-22(12-10-21)18-15(3)20-23(16(18)4)17-7-5-6-8-19-17/h5-8,14H,9-13H2,1-4H3. The molecule has 1 aliphatic rings. The highest BCUT2D eigenvalue weighted by Gasteiger charge is 2.23. The maximum Gasteiger partial charge on any atom is 0.153 e. The molecule has 5 heteroatoms. The molecule has 0 amide bonds. The SMILES string of the molecule is Cc1nn(-c2ccccn2)c(C)c1N1CCN(CC(C)C)CC1. The highest BCUT2D eigenvalue weighted by Crippen LogP contribution is 2.27. The summed E-state index contributed by atoms with van der Waals surface area (Å²) in [5.74, 6) is 1.62. The van der Waals surface area contributed by atoms with Crippen molar-refractivity contribution in [3.8, 4) is 5.82 Å². The molecule has 124 valence electrons. The van der Waals surface area contributed by atoms with Crippen molar-refractivity contribution in [2.45, 2.75) is 27.7 Å². The number of hydrogen-bond donors (Lipinski definition) is 0. The Morgan fingerprint density at radius 2 is 1.83 bits per heavy atom. The van der Waals surface area contributed by atoms with Gasteiger partial charge in [-0.3, -0.25) is 4.90 Å². The van der Waals surface area contributed by atoms with Gasteiger partial charge in [0.2, 0.25) is 0 Å². The fourth-order valence-electron chi connectivity index (χ4n) is 3.46.